The number of guanidine groups is 1. The highest BCUT2D eigenvalue weighted by molar-refractivity contribution is 5.80. The Morgan fingerprint density at radius 2 is 1.82 bits per heavy atom. The normalized spacial score (nSPS) is 62.4. The molecule has 5 rings (SSSR count). The number of aliphatic imine (C=N–C) groups is 1. The highest BCUT2D eigenvalue weighted by Crippen LogP contribution is 2.58. The molecule has 22 heavy (non-hydrogen) atoms. The van der Waals surface area contributed by atoms with Gasteiger partial charge in [-0.25, -0.2) is 4.99 Å². The number of nitrogens with zero attached hydrogens (tertiary/aromatic N) is 1. The topological polar surface area (TPSA) is 190 Å². The Morgan fingerprint density at radius 3 is 2.45 bits per heavy atom. The van der Waals surface area contributed by atoms with Crippen molar-refractivity contribution in [3.63, 3.8) is 0 Å². The molecule has 0 aromatic rings. The van der Waals surface area contributed by atoms with E-state index in [0.717, 1.165) is 0 Å². The summed E-state index contributed by atoms with van der Waals surface area (Å²) in [5.74, 6) is -3.95. The Labute approximate surface area is 123 Å². The first kappa shape index (κ1) is 14.5. The van der Waals surface area contributed by atoms with Gasteiger partial charge < -0.3 is 51.2 Å². The molecule has 9 atom stereocenters. The van der Waals surface area contributed by atoms with E-state index in [-0.39, 0.29) is 5.96 Å². The van der Waals surface area contributed by atoms with Gasteiger partial charge in [-0.3, -0.25) is 0 Å². The molecule has 11 nitrogen and oxygen atoms in total. The second-order valence-corrected chi connectivity index (χ2v) is 6.22. The summed E-state index contributed by atoms with van der Waals surface area (Å²) in [6.07, 6.45) is -7.77. The van der Waals surface area contributed by atoms with E-state index in [9.17, 15) is 30.6 Å². The lowest BCUT2D eigenvalue weighted by Crippen LogP contribution is -2.95. The molecule has 1 aliphatic carbocycles. The van der Waals surface area contributed by atoms with E-state index < -0.39 is 60.3 Å². The third kappa shape index (κ3) is 1.28. The van der Waals surface area contributed by atoms with Crippen molar-refractivity contribution in [1.29, 1.82) is 0 Å². The van der Waals surface area contributed by atoms with Crippen molar-refractivity contribution in [2.24, 2.45) is 16.6 Å². The number of hydrogen-bond donors (Lipinski definition) is 8. The SMILES string of the molecule is NC1=N[C@@H](O)C2C3OC4(O)OC(C(O)[C@@]2(N1)[C@@H]4O)[C@]3(O)CO. The average molecular weight is 319 g/mol. The van der Waals surface area contributed by atoms with Gasteiger partial charge in [0.1, 0.15) is 29.5 Å². The van der Waals surface area contributed by atoms with Crippen LogP contribution < -0.4 is 11.1 Å². The van der Waals surface area contributed by atoms with E-state index >= 15 is 0 Å². The molecule has 0 aromatic heterocycles. The van der Waals surface area contributed by atoms with Crippen molar-refractivity contribution in [2.75, 3.05) is 6.61 Å². The van der Waals surface area contributed by atoms with Gasteiger partial charge in [-0.15, -0.1) is 0 Å². The van der Waals surface area contributed by atoms with Gasteiger partial charge in [0.05, 0.1) is 12.5 Å². The van der Waals surface area contributed by atoms with Crippen LogP contribution in [0.25, 0.3) is 0 Å². The summed E-state index contributed by atoms with van der Waals surface area (Å²) in [5.41, 5.74) is 1.74. The molecule has 4 bridgehead atoms. The predicted octanol–water partition coefficient (Wildman–Crippen LogP) is -5.52. The number of ether oxygens (including phenoxy) is 2. The molecule has 0 amide bonds. The number of aliphatic hydroxyl groups excluding tert-OH is 4. The van der Waals surface area contributed by atoms with Crippen molar-refractivity contribution in [2.45, 2.75) is 47.8 Å². The molecule has 9 N–H and O–H groups in total. The minimum Gasteiger partial charge on any atom is -0.393 e. The number of nitrogens with one attached hydrogen (secondary N) is 1. The molecule has 3 saturated heterocycles. The van der Waals surface area contributed by atoms with Crippen LogP contribution in [0.3, 0.4) is 0 Å². The summed E-state index contributed by atoms with van der Waals surface area (Å²) in [7, 11) is 0. The zero-order valence-electron chi connectivity index (χ0n) is 11.2. The van der Waals surface area contributed by atoms with Crippen LogP contribution in [-0.2, 0) is 9.47 Å². The lowest BCUT2D eigenvalue weighted by Gasteiger charge is -2.71. The summed E-state index contributed by atoms with van der Waals surface area (Å²) < 4.78 is 10.3. The number of nitrogens with two attached hydrogens (primary N) is 1. The fourth-order valence-corrected chi connectivity index (χ4v) is 4.24. The highest BCUT2D eigenvalue weighted by atomic mass is 16.9. The molecular weight excluding hydrogens is 302 g/mol. The Balaban J connectivity index is 1.95. The summed E-state index contributed by atoms with van der Waals surface area (Å²) in [5, 5.41) is 64.3. The summed E-state index contributed by atoms with van der Waals surface area (Å²) in [6.45, 7) is -0.857. The zero-order valence-corrected chi connectivity index (χ0v) is 11.2. The van der Waals surface area contributed by atoms with E-state index in [4.69, 9.17) is 15.2 Å². The number of rotatable bonds is 1. The van der Waals surface area contributed by atoms with Crippen LogP contribution in [0.1, 0.15) is 0 Å². The Morgan fingerprint density at radius 1 is 1.18 bits per heavy atom. The molecule has 4 heterocycles. The van der Waals surface area contributed by atoms with Crippen LogP contribution in [-0.4, -0.2) is 91.0 Å². The average Bonchev–Trinajstić information content (AvgIpc) is 2.45. The Kier molecular flexibility index (Phi) is 2.57. The predicted molar refractivity (Wildman–Crippen MR) is 65.7 cm³/mol. The standard InChI is InChI=1S/C11H17N3O8/c12-8-13-6(17)2-4-9(19,1-15)5-3(16)10(2,14-8)7(18)11(20,21-4)22-5/h2-7,15-20H,1H2,(H3,12,13,14)/t2?,3?,4?,5?,6-,7-,9-,10+,11?/m0/s1. The first-order valence-corrected chi connectivity index (χ1v) is 6.77. The van der Waals surface area contributed by atoms with Crippen molar-refractivity contribution in [3.05, 3.63) is 0 Å². The maximum Gasteiger partial charge on any atom is 0.311 e. The van der Waals surface area contributed by atoms with Crippen molar-refractivity contribution >= 4 is 5.96 Å². The molecule has 4 aliphatic heterocycles. The molecular formula is C11H17N3O8. The van der Waals surface area contributed by atoms with E-state index in [1.807, 2.05) is 0 Å². The first-order chi connectivity index (χ1) is 10.2. The van der Waals surface area contributed by atoms with Gasteiger partial charge in [-0.2, -0.15) is 0 Å². The van der Waals surface area contributed by atoms with Gasteiger partial charge in [0.25, 0.3) is 0 Å². The quantitative estimate of drug-likeness (QED) is 0.231. The molecule has 5 unspecified atom stereocenters. The van der Waals surface area contributed by atoms with Gasteiger partial charge in [-0.05, 0) is 0 Å². The van der Waals surface area contributed by atoms with Crippen molar-refractivity contribution in [3.8, 4) is 0 Å². The monoisotopic (exact) mass is 319 g/mol. The zero-order chi connectivity index (χ0) is 16.1. The van der Waals surface area contributed by atoms with Crippen LogP contribution >= 0.6 is 0 Å². The number of hydrogen-bond acceptors (Lipinski definition) is 11. The Hall–Kier alpha value is -1.05. The lowest BCUT2D eigenvalue weighted by molar-refractivity contribution is -0.548. The van der Waals surface area contributed by atoms with Crippen LogP contribution in [0.2, 0.25) is 0 Å². The first-order valence-electron chi connectivity index (χ1n) is 6.77. The van der Waals surface area contributed by atoms with E-state index in [1.165, 1.54) is 0 Å². The molecule has 1 saturated carbocycles. The van der Waals surface area contributed by atoms with Crippen LogP contribution in [0.15, 0.2) is 4.99 Å². The smallest absolute Gasteiger partial charge is 0.311 e. The lowest BCUT2D eigenvalue weighted by atomic mass is 9.55. The highest BCUT2D eigenvalue weighted by Gasteiger charge is 2.82. The fraction of sp³-hybridized carbons (Fsp3) is 0.909. The molecule has 0 aromatic carbocycles. The maximum atomic E-state index is 10.6. The van der Waals surface area contributed by atoms with Crippen LogP contribution in [0.4, 0.5) is 0 Å². The molecule has 0 radical (unpaired) electrons. The largest absolute Gasteiger partial charge is 0.393 e. The third-order valence-corrected chi connectivity index (χ3v) is 5.22. The summed E-state index contributed by atoms with van der Waals surface area (Å²) in [4.78, 5) is 3.70. The fourth-order valence-electron chi connectivity index (χ4n) is 4.24. The van der Waals surface area contributed by atoms with Crippen molar-refractivity contribution in [1.82, 2.24) is 5.32 Å². The van der Waals surface area contributed by atoms with E-state index in [1.54, 1.807) is 0 Å². The van der Waals surface area contributed by atoms with Gasteiger partial charge in [0.2, 0.25) is 0 Å². The van der Waals surface area contributed by atoms with Crippen LogP contribution in [0, 0.1) is 5.92 Å². The van der Waals surface area contributed by atoms with Gasteiger partial charge in [-0.1, -0.05) is 0 Å². The van der Waals surface area contributed by atoms with Crippen LogP contribution in [0.5, 0.6) is 0 Å². The van der Waals surface area contributed by atoms with Crippen molar-refractivity contribution < 1.29 is 40.1 Å². The molecule has 1 spiro atoms. The molecule has 124 valence electrons. The third-order valence-electron chi connectivity index (χ3n) is 5.22. The van der Waals surface area contributed by atoms with Gasteiger partial charge >= 0.3 is 5.97 Å². The van der Waals surface area contributed by atoms with E-state index in [0.29, 0.717) is 0 Å². The van der Waals surface area contributed by atoms with E-state index in [2.05, 4.69) is 10.3 Å². The van der Waals surface area contributed by atoms with Gasteiger partial charge in [0, 0.05) is 0 Å². The van der Waals surface area contributed by atoms with Gasteiger partial charge in [0.15, 0.2) is 18.3 Å². The molecule has 5 aliphatic rings. The molecule has 4 fully saturated rings. The number of aliphatic hydroxyl groups is 6. The maximum absolute atomic E-state index is 10.6. The second kappa shape index (κ2) is 3.88. The molecule has 11 heteroatoms. The Bertz CT molecular complexity index is 561. The summed E-state index contributed by atoms with van der Waals surface area (Å²) in [6, 6.07) is 0. The summed E-state index contributed by atoms with van der Waals surface area (Å²) >= 11 is 0. The minimum atomic E-state index is -2.52. The second-order valence-electron chi connectivity index (χ2n) is 6.22. The minimum absolute atomic E-state index is 0.250.